The molecule has 0 radical (unpaired) electrons. The lowest BCUT2D eigenvalue weighted by Gasteiger charge is -2.19. The molecular weight excluding hydrogens is 316 g/mol. The topological polar surface area (TPSA) is 65.0 Å². The fraction of sp³-hybridized carbons (Fsp3) is 0.462. The Balaban J connectivity index is 2.59. The number of halogens is 1. The zero-order valence-corrected chi connectivity index (χ0v) is 12.5. The Morgan fingerprint density at radius 2 is 2.16 bits per heavy atom. The minimum atomic E-state index is -1.34. The smallest absolute Gasteiger partial charge is 0.339 e. The van der Waals surface area contributed by atoms with E-state index in [1.54, 1.807) is 6.07 Å². The lowest BCUT2D eigenvalue weighted by atomic mass is 9.93. The van der Waals surface area contributed by atoms with Gasteiger partial charge in [-0.05, 0) is 33.5 Å². The summed E-state index contributed by atoms with van der Waals surface area (Å²) < 4.78 is 16.0. The molecule has 0 saturated heterocycles. The summed E-state index contributed by atoms with van der Waals surface area (Å²) in [6, 6.07) is 1.63. The van der Waals surface area contributed by atoms with Crippen molar-refractivity contribution < 1.29 is 24.1 Å². The van der Waals surface area contributed by atoms with Crippen LogP contribution >= 0.6 is 15.9 Å². The number of fused-ring (bicyclic) bond motifs is 1. The number of carbonyl (C=O) groups excluding carboxylic acids is 1. The van der Waals surface area contributed by atoms with Gasteiger partial charge < -0.3 is 19.3 Å². The number of rotatable bonds is 3. The van der Waals surface area contributed by atoms with Crippen LogP contribution in [0, 0.1) is 0 Å². The van der Waals surface area contributed by atoms with Crippen molar-refractivity contribution in [1.29, 1.82) is 0 Å². The van der Waals surface area contributed by atoms with E-state index in [2.05, 4.69) is 20.7 Å². The van der Waals surface area contributed by atoms with Gasteiger partial charge in [0.1, 0.15) is 0 Å². The highest BCUT2D eigenvalue weighted by molar-refractivity contribution is 9.10. The van der Waals surface area contributed by atoms with Gasteiger partial charge >= 0.3 is 5.97 Å². The first-order valence-corrected chi connectivity index (χ1v) is 6.64. The van der Waals surface area contributed by atoms with Gasteiger partial charge in [0.15, 0.2) is 17.6 Å². The van der Waals surface area contributed by atoms with Gasteiger partial charge in [0, 0.05) is 5.56 Å². The van der Waals surface area contributed by atoms with Crippen molar-refractivity contribution >= 4 is 21.9 Å². The van der Waals surface area contributed by atoms with Crippen LogP contribution in [-0.4, -0.2) is 25.0 Å². The summed E-state index contributed by atoms with van der Waals surface area (Å²) in [5.41, 5.74) is 1.28. The van der Waals surface area contributed by atoms with Crippen LogP contribution in [0.3, 0.4) is 0 Å². The molecule has 0 amide bonds. The molecule has 1 heterocycles. The number of hydrogen-bond donors (Lipinski definition) is 1. The van der Waals surface area contributed by atoms with E-state index in [0.717, 1.165) is 5.56 Å². The molecule has 0 bridgehead atoms. The van der Waals surface area contributed by atoms with E-state index in [-0.39, 0.29) is 12.7 Å². The third-order valence-corrected chi connectivity index (χ3v) is 3.76. The summed E-state index contributed by atoms with van der Waals surface area (Å²) in [5.74, 6) is 0.504. The highest BCUT2D eigenvalue weighted by atomic mass is 79.9. The number of carbonyl (C=O) groups is 1. The highest BCUT2D eigenvalue weighted by Crippen LogP contribution is 2.46. The second kappa shape index (κ2) is 5.38. The average molecular weight is 331 g/mol. The zero-order chi connectivity index (χ0) is 14.2. The van der Waals surface area contributed by atoms with Gasteiger partial charge in [0.25, 0.3) is 0 Å². The van der Waals surface area contributed by atoms with Crippen molar-refractivity contribution in [3.8, 4) is 11.5 Å². The van der Waals surface area contributed by atoms with Crippen molar-refractivity contribution in [2.24, 2.45) is 0 Å². The summed E-state index contributed by atoms with van der Waals surface area (Å²) in [7, 11) is 1.24. The second-order valence-electron chi connectivity index (χ2n) is 4.51. The van der Waals surface area contributed by atoms with E-state index in [4.69, 9.17) is 9.47 Å². The standard InChI is InChI=1S/C13H15BrO5/c1-6(2)9-7(11(15)13(16)17-3)4-8-12(10(9)14)19-5-18-8/h4,6,11,15H,5H2,1-3H3. The van der Waals surface area contributed by atoms with E-state index < -0.39 is 12.1 Å². The normalized spacial score (nSPS) is 14.6. The predicted octanol–water partition coefficient (Wildman–Crippen LogP) is 2.51. The van der Waals surface area contributed by atoms with Crippen molar-refractivity contribution in [3.05, 3.63) is 21.7 Å². The number of aliphatic hydroxyl groups excluding tert-OH is 1. The van der Waals surface area contributed by atoms with Crippen LogP contribution in [0.5, 0.6) is 11.5 Å². The molecule has 6 heteroatoms. The fourth-order valence-electron chi connectivity index (χ4n) is 2.09. The van der Waals surface area contributed by atoms with Crippen molar-refractivity contribution in [1.82, 2.24) is 0 Å². The molecule has 0 fully saturated rings. The molecule has 2 rings (SSSR count). The molecule has 1 aromatic rings. The van der Waals surface area contributed by atoms with E-state index >= 15 is 0 Å². The summed E-state index contributed by atoms with van der Waals surface area (Å²) in [4.78, 5) is 11.5. The van der Waals surface area contributed by atoms with Gasteiger partial charge in [0.2, 0.25) is 6.79 Å². The van der Waals surface area contributed by atoms with Crippen molar-refractivity contribution in [3.63, 3.8) is 0 Å². The van der Waals surface area contributed by atoms with Crippen LogP contribution in [0.15, 0.2) is 10.5 Å². The molecule has 1 unspecified atom stereocenters. The van der Waals surface area contributed by atoms with Gasteiger partial charge in [-0.25, -0.2) is 4.79 Å². The van der Waals surface area contributed by atoms with Crippen LogP contribution in [0.25, 0.3) is 0 Å². The Kier molecular flexibility index (Phi) is 4.01. The Morgan fingerprint density at radius 1 is 1.47 bits per heavy atom. The van der Waals surface area contributed by atoms with Crippen molar-refractivity contribution in [2.45, 2.75) is 25.9 Å². The predicted molar refractivity (Wildman–Crippen MR) is 71.3 cm³/mol. The molecule has 1 N–H and O–H groups in total. The first-order valence-electron chi connectivity index (χ1n) is 5.85. The number of benzene rings is 1. The molecule has 5 nitrogen and oxygen atoms in total. The molecule has 0 aliphatic carbocycles. The molecule has 0 spiro atoms. The first kappa shape index (κ1) is 14.1. The van der Waals surface area contributed by atoms with Crippen LogP contribution in [-0.2, 0) is 9.53 Å². The molecular formula is C13H15BrO5. The monoisotopic (exact) mass is 330 g/mol. The SMILES string of the molecule is COC(=O)C(O)c1cc2c(c(Br)c1C(C)C)OCO2. The summed E-state index contributed by atoms with van der Waals surface area (Å²) >= 11 is 3.45. The van der Waals surface area contributed by atoms with Gasteiger partial charge in [-0.2, -0.15) is 0 Å². The van der Waals surface area contributed by atoms with Crippen LogP contribution in [0.1, 0.15) is 37.0 Å². The lowest BCUT2D eigenvalue weighted by molar-refractivity contribution is -0.150. The molecule has 0 aromatic heterocycles. The number of hydrogen-bond acceptors (Lipinski definition) is 5. The largest absolute Gasteiger partial charge is 0.467 e. The van der Waals surface area contributed by atoms with E-state index in [1.165, 1.54) is 7.11 Å². The third kappa shape index (κ3) is 2.42. The molecule has 0 saturated carbocycles. The number of methoxy groups -OCH3 is 1. The number of ether oxygens (including phenoxy) is 3. The van der Waals surface area contributed by atoms with Gasteiger partial charge in [-0.15, -0.1) is 0 Å². The maximum absolute atomic E-state index is 11.5. The zero-order valence-electron chi connectivity index (χ0n) is 10.9. The molecule has 1 aliphatic rings. The highest BCUT2D eigenvalue weighted by Gasteiger charge is 2.30. The Bertz CT molecular complexity index is 512. The Hall–Kier alpha value is -1.27. The fourth-order valence-corrected chi connectivity index (χ4v) is 3.08. The van der Waals surface area contributed by atoms with Gasteiger partial charge in [-0.3, -0.25) is 0 Å². The average Bonchev–Trinajstić information content (AvgIpc) is 2.84. The minimum Gasteiger partial charge on any atom is -0.467 e. The number of esters is 1. The molecule has 1 aliphatic heterocycles. The van der Waals surface area contributed by atoms with Crippen LogP contribution in [0.2, 0.25) is 0 Å². The minimum absolute atomic E-state index is 0.0955. The Labute approximate surface area is 119 Å². The maximum Gasteiger partial charge on any atom is 0.339 e. The molecule has 19 heavy (non-hydrogen) atoms. The van der Waals surface area contributed by atoms with E-state index in [9.17, 15) is 9.90 Å². The summed E-state index contributed by atoms with van der Waals surface area (Å²) in [6.45, 7) is 4.06. The Morgan fingerprint density at radius 3 is 2.74 bits per heavy atom. The molecule has 1 atom stereocenters. The van der Waals surface area contributed by atoms with Crippen LogP contribution < -0.4 is 9.47 Å². The van der Waals surface area contributed by atoms with E-state index in [0.29, 0.717) is 21.5 Å². The summed E-state index contributed by atoms with van der Waals surface area (Å²) in [6.07, 6.45) is -1.34. The maximum atomic E-state index is 11.5. The quantitative estimate of drug-likeness (QED) is 0.862. The lowest BCUT2D eigenvalue weighted by Crippen LogP contribution is -2.16. The first-order chi connectivity index (χ1) is 8.97. The van der Waals surface area contributed by atoms with E-state index in [1.807, 2.05) is 13.8 Å². The van der Waals surface area contributed by atoms with Gasteiger partial charge in [-0.1, -0.05) is 13.8 Å². The molecule has 1 aromatic carbocycles. The molecule has 104 valence electrons. The summed E-state index contributed by atoms with van der Waals surface area (Å²) in [5, 5.41) is 10.1. The second-order valence-corrected chi connectivity index (χ2v) is 5.30. The van der Waals surface area contributed by atoms with Crippen LogP contribution in [0.4, 0.5) is 0 Å². The van der Waals surface area contributed by atoms with Gasteiger partial charge in [0.05, 0.1) is 11.6 Å². The van der Waals surface area contributed by atoms with Crippen molar-refractivity contribution in [2.75, 3.05) is 13.9 Å². The third-order valence-electron chi connectivity index (χ3n) is 2.97. The number of aliphatic hydroxyl groups is 1.